The van der Waals surface area contributed by atoms with Crippen LogP contribution in [0, 0.1) is 5.41 Å². The number of rotatable bonds is 7. The molecule has 1 saturated carbocycles. The fourth-order valence-corrected chi connectivity index (χ4v) is 5.05. The van der Waals surface area contributed by atoms with E-state index in [0.717, 1.165) is 32.4 Å². The van der Waals surface area contributed by atoms with Crippen LogP contribution in [0.4, 0.5) is 4.79 Å². The molecule has 34 heavy (non-hydrogen) atoms. The summed E-state index contributed by atoms with van der Waals surface area (Å²) in [6.07, 6.45) is 3.11. The Hall–Kier alpha value is -3.40. The van der Waals surface area contributed by atoms with Crippen molar-refractivity contribution in [1.29, 1.82) is 0 Å². The predicted octanol–water partition coefficient (Wildman–Crippen LogP) is 2.16. The first kappa shape index (κ1) is 22.4. The Morgan fingerprint density at radius 1 is 1.29 bits per heavy atom. The normalized spacial score (nSPS) is 21.0. The zero-order valence-corrected chi connectivity index (χ0v) is 19.1. The second-order valence-electron chi connectivity index (χ2n) is 9.28. The summed E-state index contributed by atoms with van der Waals surface area (Å²) >= 11 is 0. The monoisotopic (exact) mass is 467 g/mol. The van der Waals surface area contributed by atoms with E-state index in [9.17, 15) is 9.59 Å². The molecular weight excluding hydrogens is 438 g/mol. The van der Waals surface area contributed by atoms with Crippen molar-refractivity contribution >= 4 is 12.0 Å². The van der Waals surface area contributed by atoms with Crippen LogP contribution in [-0.2, 0) is 0 Å². The lowest BCUT2D eigenvalue weighted by molar-refractivity contribution is -0.106. The third-order valence-corrected chi connectivity index (χ3v) is 6.74. The van der Waals surface area contributed by atoms with E-state index < -0.39 is 6.09 Å². The summed E-state index contributed by atoms with van der Waals surface area (Å²) in [7, 11) is 0. The molecule has 0 unspecified atom stereocenters. The van der Waals surface area contributed by atoms with Crippen molar-refractivity contribution in [2.24, 2.45) is 5.41 Å². The van der Waals surface area contributed by atoms with Crippen LogP contribution in [0.2, 0.25) is 0 Å². The van der Waals surface area contributed by atoms with E-state index in [2.05, 4.69) is 20.6 Å². The molecule has 10 heteroatoms. The van der Waals surface area contributed by atoms with Gasteiger partial charge >= 0.3 is 6.09 Å². The Morgan fingerprint density at radius 3 is 2.82 bits per heavy atom. The molecular formula is C24H29N5O5. The first-order chi connectivity index (χ1) is 16.5. The predicted molar refractivity (Wildman–Crippen MR) is 123 cm³/mol. The highest BCUT2D eigenvalue weighted by atomic mass is 16.5. The number of likely N-dealkylation sites (tertiary alicyclic amines) is 1. The van der Waals surface area contributed by atoms with Gasteiger partial charge in [0.1, 0.15) is 6.10 Å². The Kier molecular flexibility index (Phi) is 5.99. The summed E-state index contributed by atoms with van der Waals surface area (Å²) in [5, 5.41) is 15.4. The van der Waals surface area contributed by atoms with Crippen LogP contribution in [0.3, 0.4) is 0 Å². The second-order valence-corrected chi connectivity index (χ2v) is 9.28. The first-order valence-electron chi connectivity index (χ1n) is 11.7. The number of hydrogen-bond acceptors (Lipinski definition) is 7. The SMILES string of the molecule is CCOc1ncccc1-c1ccc(OC2CC3(C2)CN(C(=O)O)C3)c(C(=O)N[C@@H]2CCNC2)n1. The topological polar surface area (TPSA) is 126 Å². The zero-order chi connectivity index (χ0) is 23.7. The summed E-state index contributed by atoms with van der Waals surface area (Å²) in [4.78, 5) is 34.7. The van der Waals surface area contributed by atoms with Crippen molar-refractivity contribution in [3.8, 4) is 22.9 Å². The maximum atomic E-state index is 13.2. The molecule has 2 saturated heterocycles. The summed E-state index contributed by atoms with van der Waals surface area (Å²) in [5.74, 6) is 0.622. The minimum absolute atomic E-state index is 0.0104. The average Bonchev–Trinajstić information content (AvgIpc) is 3.28. The second kappa shape index (κ2) is 9.09. The maximum Gasteiger partial charge on any atom is 0.407 e. The lowest BCUT2D eigenvalue weighted by Crippen LogP contribution is -2.65. The van der Waals surface area contributed by atoms with Crippen molar-refractivity contribution in [2.45, 2.75) is 38.3 Å². The van der Waals surface area contributed by atoms with Gasteiger partial charge in [0.05, 0.1) is 17.9 Å². The molecule has 0 bridgehead atoms. The minimum Gasteiger partial charge on any atom is -0.488 e. The van der Waals surface area contributed by atoms with Crippen molar-refractivity contribution in [2.75, 3.05) is 32.8 Å². The number of amides is 2. The Morgan fingerprint density at radius 2 is 2.12 bits per heavy atom. The Bertz CT molecular complexity index is 1070. The molecule has 2 amide bonds. The molecule has 0 aromatic carbocycles. The molecule has 3 aliphatic rings. The number of aromatic nitrogens is 2. The molecule has 2 aliphatic heterocycles. The average molecular weight is 468 g/mol. The molecule has 2 aromatic heterocycles. The fraction of sp³-hybridized carbons (Fsp3) is 0.500. The molecule has 3 N–H and O–H groups in total. The molecule has 2 aromatic rings. The third-order valence-electron chi connectivity index (χ3n) is 6.74. The number of carboxylic acid groups (broad SMARTS) is 1. The summed E-state index contributed by atoms with van der Waals surface area (Å²) < 4.78 is 11.9. The quantitative estimate of drug-likeness (QED) is 0.566. The van der Waals surface area contributed by atoms with Gasteiger partial charge in [-0.15, -0.1) is 0 Å². The number of ether oxygens (including phenoxy) is 2. The number of carbonyl (C=O) groups excluding carboxylic acids is 1. The van der Waals surface area contributed by atoms with Gasteiger partial charge in [0.25, 0.3) is 5.91 Å². The molecule has 1 atom stereocenters. The fourth-order valence-electron chi connectivity index (χ4n) is 5.05. The van der Waals surface area contributed by atoms with Gasteiger partial charge in [0.2, 0.25) is 5.88 Å². The Balaban J connectivity index is 1.36. The molecule has 10 nitrogen and oxygen atoms in total. The van der Waals surface area contributed by atoms with Crippen LogP contribution in [0.1, 0.15) is 36.7 Å². The number of hydrogen-bond donors (Lipinski definition) is 3. The number of nitrogens with zero attached hydrogens (tertiary/aromatic N) is 3. The van der Waals surface area contributed by atoms with Crippen LogP contribution in [0.5, 0.6) is 11.6 Å². The molecule has 180 valence electrons. The summed E-state index contributed by atoms with van der Waals surface area (Å²) in [5.41, 5.74) is 1.53. The van der Waals surface area contributed by atoms with Crippen LogP contribution >= 0.6 is 0 Å². The van der Waals surface area contributed by atoms with Gasteiger partial charge in [-0.25, -0.2) is 14.8 Å². The first-order valence-corrected chi connectivity index (χ1v) is 11.7. The highest BCUT2D eigenvalue weighted by molar-refractivity contribution is 5.96. The van der Waals surface area contributed by atoms with E-state index >= 15 is 0 Å². The van der Waals surface area contributed by atoms with Gasteiger partial charge < -0.3 is 30.1 Å². The lowest BCUT2D eigenvalue weighted by Gasteiger charge is -2.57. The zero-order valence-electron chi connectivity index (χ0n) is 19.1. The third kappa shape index (κ3) is 4.37. The van der Waals surface area contributed by atoms with Crippen LogP contribution in [0.15, 0.2) is 30.5 Å². The minimum atomic E-state index is -0.878. The van der Waals surface area contributed by atoms with Gasteiger partial charge in [0.15, 0.2) is 11.4 Å². The number of carbonyl (C=O) groups is 2. The van der Waals surface area contributed by atoms with Crippen LogP contribution in [0.25, 0.3) is 11.3 Å². The van der Waals surface area contributed by atoms with Crippen molar-refractivity contribution in [3.05, 3.63) is 36.2 Å². The van der Waals surface area contributed by atoms with Crippen molar-refractivity contribution in [3.63, 3.8) is 0 Å². The Labute approximate surface area is 197 Å². The lowest BCUT2D eigenvalue weighted by atomic mass is 9.62. The smallest absolute Gasteiger partial charge is 0.407 e. The van der Waals surface area contributed by atoms with E-state index in [-0.39, 0.29) is 29.2 Å². The van der Waals surface area contributed by atoms with Gasteiger partial charge in [-0.05, 0) is 57.0 Å². The van der Waals surface area contributed by atoms with Gasteiger partial charge in [-0.1, -0.05) is 0 Å². The number of nitrogens with one attached hydrogen (secondary N) is 2. The molecule has 4 heterocycles. The van der Waals surface area contributed by atoms with E-state index in [1.165, 1.54) is 4.90 Å². The standard InChI is InChI=1S/C24H29N5O5/c1-2-33-22-17(4-3-8-26-22)18-5-6-19(20(28-18)21(30)27-15-7-9-25-12-15)34-16-10-24(11-16)13-29(14-24)23(31)32/h3-6,8,15-16,25H,2,7,9-14H2,1H3,(H,27,30)(H,31,32)/t15-/m1/s1. The van der Waals surface area contributed by atoms with E-state index in [1.54, 1.807) is 18.3 Å². The largest absolute Gasteiger partial charge is 0.488 e. The highest BCUT2D eigenvalue weighted by Gasteiger charge is 2.55. The van der Waals surface area contributed by atoms with Crippen LogP contribution < -0.4 is 20.1 Å². The van der Waals surface area contributed by atoms with Gasteiger partial charge in [-0.2, -0.15) is 0 Å². The summed E-state index contributed by atoms with van der Waals surface area (Å²) in [6.45, 7) is 5.04. The molecule has 3 fully saturated rings. The van der Waals surface area contributed by atoms with E-state index in [4.69, 9.17) is 14.6 Å². The molecule has 1 aliphatic carbocycles. The van der Waals surface area contributed by atoms with Crippen LogP contribution in [-0.4, -0.2) is 76.9 Å². The van der Waals surface area contributed by atoms with Crippen molar-refractivity contribution in [1.82, 2.24) is 25.5 Å². The highest BCUT2D eigenvalue weighted by Crippen LogP contribution is 2.49. The summed E-state index contributed by atoms with van der Waals surface area (Å²) in [6, 6.07) is 7.31. The van der Waals surface area contributed by atoms with Gasteiger partial charge in [0, 0.05) is 37.3 Å². The van der Waals surface area contributed by atoms with E-state index in [0.29, 0.717) is 42.6 Å². The molecule has 5 rings (SSSR count). The van der Waals surface area contributed by atoms with Gasteiger partial charge in [-0.3, -0.25) is 4.79 Å². The molecule has 1 spiro atoms. The number of pyridine rings is 2. The molecule has 0 radical (unpaired) electrons. The maximum absolute atomic E-state index is 13.2. The van der Waals surface area contributed by atoms with E-state index in [1.807, 2.05) is 19.1 Å². The van der Waals surface area contributed by atoms with Crippen molar-refractivity contribution < 1.29 is 24.2 Å².